The van der Waals surface area contributed by atoms with Gasteiger partial charge < -0.3 is 18.7 Å². The maximum atomic E-state index is 6.52. The van der Waals surface area contributed by atoms with E-state index in [1.54, 1.807) is 0 Å². The first-order valence-electron chi connectivity index (χ1n) is 21.0. The third kappa shape index (κ3) is 4.58. The average molecular weight is 772 g/mol. The fourth-order valence-corrected chi connectivity index (χ4v) is 10.5. The van der Waals surface area contributed by atoms with Crippen LogP contribution >= 0.6 is 0 Å². The maximum absolute atomic E-state index is 6.52. The molecule has 4 nitrogen and oxygen atoms in total. The molecule has 0 fully saturated rings. The van der Waals surface area contributed by atoms with Gasteiger partial charge in [0.15, 0.2) is 7.28 Å². The fraction of sp³-hybridized carbons (Fsp3) is 0.127. The molecule has 3 aromatic heterocycles. The Morgan fingerprint density at radius 2 is 1.22 bits per heavy atom. The molecule has 0 atom stereocenters. The molecule has 4 heterocycles. The van der Waals surface area contributed by atoms with E-state index >= 15 is 0 Å². The van der Waals surface area contributed by atoms with Crippen molar-refractivity contribution in [1.29, 1.82) is 0 Å². The molecule has 0 saturated heterocycles. The van der Waals surface area contributed by atoms with Crippen LogP contribution in [0.5, 0.6) is 0 Å². The monoisotopic (exact) mass is 771 g/mol. The van der Waals surface area contributed by atoms with Crippen molar-refractivity contribution < 1.29 is 8.83 Å². The molecule has 2 aliphatic rings. The first-order chi connectivity index (χ1) is 29.1. The van der Waals surface area contributed by atoms with Gasteiger partial charge in [-0.1, -0.05) is 131 Å². The summed E-state index contributed by atoms with van der Waals surface area (Å²) in [4.78, 5) is 0. The van der Waals surface area contributed by atoms with E-state index in [1.165, 1.54) is 66.2 Å². The second-order valence-corrected chi connectivity index (χ2v) is 18.4. The molecule has 60 heavy (non-hydrogen) atoms. The summed E-state index contributed by atoms with van der Waals surface area (Å²) in [6.07, 6.45) is 0. The number of benzene rings is 8. The van der Waals surface area contributed by atoms with E-state index in [2.05, 4.69) is 185 Å². The number of aromatic nitrogens is 1. The molecule has 0 bridgehead atoms. The quantitative estimate of drug-likeness (QED) is 0.182. The van der Waals surface area contributed by atoms with Gasteiger partial charge in [0.25, 0.3) is 0 Å². The molecular weight excluding hydrogens is 731 g/mol. The van der Waals surface area contributed by atoms with Crippen molar-refractivity contribution >= 4 is 95.3 Å². The van der Waals surface area contributed by atoms with Crippen molar-refractivity contribution in [3.05, 3.63) is 162 Å². The lowest BCUT2D eigenvalue weighted by Crippen LogP contribution is -2.38. The van der Waals surface area contributed by atoms with Crippen molar-refractivity contribution in [2.45, 2.75) is 45.4 Å². The summed E-state index contributed by atoms with van der Waals surface area (Å²) < 4.78 is 15.6. The Kier molecular flexibility index (Phi) is 6.57. The number of furan rings is 2. The van der Waals surface area contributed by atoms with E-state index in [9.17, 15) is 0 Å². The topological polar surface area (TPSA) is 43.2 Å². The minimum absolute atomic E-state index is 0.0628. The van der Waals surface area contributed by atoms with Crippen LogP contribution < -0.4 is 16.2 Å². The van der Waals surface area contributed by atoms with Gasteiger partial charge in [0, 0.05) is 66.3 Å². The average Bonchev–Trinajstić information content (AvgIpc) is 3.96. The summed E-state index contributed by atoms with van der Waals surface area (Å²) in [5.74, 6) is 0. The van der Waals surface area contributed by atoms with Crippen molar-refractivity contribution in [3.63, 3.8) is 0 Å². The second kappa shape index (κ2) is 11.6. The second-order valence-electron chi connectivity index (χ2n) is 18.4. The smallest absolute Gasteiger partial charge is 0.197 e. The highest BCUT2D eigenvalue weighted by molar-refractivity contribution is 6.73. The number of anilines is 2. The number of fused-ring (bicyclic) bond motifs is 14. The van der Waals surface area contributed by atoms with Crippen LogP contribution in [-0.4, -0.2) is 11.8 Å². The highest BCUT2D eigenvalue weighted by Crippen LogP contribution is 2.50. The predicted octanol–water partition coefficient (Wildman–Crippen LogP) is 13.6. The van der Waals surface area contributed by atoms with E-state index in [-0.39, 0.29) is 10.8 Å². The van der Waals surface area contributed by atoms with Gasteiger partial charge in [0.05, 0.1) is 11.2 Å². The Bertz CT molecular complexity index is 3670. The molecule has 1 N–H and O–H groups in total. The Hall–Kier alpha value is -6.98. The van der Waals surface area contributed by atoms with E-state index in [4.69, 9.17) is 8.83 Å². The van der Waals surface area contributed by atoms with Gasteiger partial charge in [0.1, 0.15) is 22.3 Å². The zero-order chi connectivity index (χ0) is 40.2. The first-order valence-corrected chi connectivity index (χ1v) is 21.0. The van der Waals surface area contributed by atoms with Crippen LogP contribution in [0.1, 0.15) is 51.3 Å². The lowest BCUT2D eigenvalue weighted by Gasteiger charge is -2.27. The van der Waals surface area contributed by atoms with Gasteiger partial charge in [-0.3, -0.25) is 0 Å². The third-order valence-corrected chi connectivity index (χ3v) is 13.6. The van der Waals surface area contributed by atoms with Crippen LogP contribution in [0.2, 0.25) is 0 Å². The van der Waals surface area contributed by atoms with Gasteiger partial charge >= 0.3 is 0 Å². The molecule has 0 amide bonds. The van der Waals surface area contributed by atoms with Crippen LogP contribution in [0.3, 0.4) is 0 Å². The van der Waals surface area contributed by atoms with E-state index < -0.39 is 0 Å². The zero-order valence-electron chi connectivity index (χ0n) is 34.2. The van der Waals surface area contributed by atoms with Crippen LogP contribution in [0, 0.1) is 0 Å². The van der Waals surface area contributed by atoms with Crippen molar-refractivity contribution in [3.8, 4) is 27.9 Å². The predicted molar refractivity (Wildman–Crippen MR) is 252 cm³/mol. The standard InChI is InChI=1S/C55H40BN2O2/c1-54(2,3)30-18-20-31(21-19-30)57-45-29-51-40(33-13-7-10-16-48(33)60-51)24-38(45)35-22-23-36-39-27-50-41(34-14-8-11-17-49(34)59-50)26-46(39)58-47-25-37-32-12-6-9-15-42(32)55(4,5)43(37)28-44(47)56-52(35)53(36)58/h6-29,57H,1-5H3. The first kappa shape index (κ1) is 33.9. The summed E-state index contributed by atoms with van der Waals surface area (Å²) >= 11 is 0. The summed E-state index contributed by atoms with van der Waals surface area (Å²) in [7, 11) is 2.45. The fourth-order valence-electron chi connectivity index (χ4n) is 10.5. The molecule has 1 aliphatic carbocycles. The highest BCUT2D eigenvalue weighted by atomic mass is 16.3. The minimum Gasteiger partial charge on any atom is -0.456 e. The third-order valence-electron chi connectivity index (χ3n) is 13.6. The number of hydrogen-bond acceptors (Lipinski definition) is 3. The molecule has 5 heteroatoms. The van der Waals surface area contributed by atoms with Gasteiger partial charge in [-0.05, 0) is 92.8 Å². The normalized spacial score (nSPS) is 14.0. The number of hydrogen-bond donors (Lipinski definition) is 1. The minimum atomic E-state index is -0.127. The van der Waals surface area contributed by atoms with Crippen LogP contribution in [0.15, 0.2) is 154 Å². The lowest BCUT2D eigenvalue weighted by molar-refractivity contribution is 0.590. The number of nitrogens with one attached hydrogen (secondary N) is 1. The number of nitrogens with zero attached hydrogens (tertiary/aromatic N) is 1. The maximum Gasteiger partial charge on any atom is 0.197 e. The molecule has 1 radical (unpaired) electrons. The summed E-state index contributed by atoms with van der Waals surface area (Å²) in [6.45, 7) is 11.5. The van der Waals surface area contributed by atoms with E-state index in [0.29, 0.717) is 0 Å². The SMILES string of the molecule is CC(C)(C)c1ccc(Nc2cc3oc4ccccc4c3cc2-c2ccc3c4cc5oc6ccccc6c5cc4n4c3c2[B]c2cc3c(cc2-4)-c2ccccc2C3(C)C)cc1. The number of para-hydroxylation sites is 2. The molecule has 0 spiro atoms. The van der Waals surface area contributed by atoms with Crippen molar-refractivity contribution in [2.24, 2.45) is 0 Å². The number of rotatable bonds is 3. The Labute approximate surface area is 348 Å². The summed E-state index contributed by atoms with van der Waals surface area (Å²) in [6, 6.07) is 53.3. The van der Waals surface area contributed by atoms with Crippen LogP contribution in [0.25, 0.3) is 93.6 Å². The molecule has 8 aromatic carbocycles. The molecular formula is C55H40BN2O2. The summed E-state index contributed by atoms with van der Waals surface area (Å²) in [5, 5.41) is 10.7. The van der Waals surface area contributed by atoms with Gasteiger partial charge in [0.2, 0.25) is 0 Å². The Morgan fingerprint density at radius 1 is 0.533 bits per heavy atom. The molecule has 0 unspecified atom stereocenters. The molecule has 1 aliphatic heterocycles. The van der Waals surface area contributed by atoms with Gasteiger partial charge in [-0.25, -0.2) is 0 Å². The largest absolute Gasteiger partial charge is 0.456 e. The van der Waals surface area contributed by atoms with Crippen LogP contribution in [-0.2, 0) is 10.8 Å². The Balaban J connectivity index is 1.11. The zero-order valence-corrected chi connectivity index (χ0v) is 34.2. The van der Waals surface area contributed by atoms with E-state index in [0.717, 1.165) is 66.4 Å². The van der Waals surface area contributed by atoms with Crippen LogP contribution in [0.4, 0.5) is 11.4 Å². The molecule has 0 saturated carbocycles. The van der Waals surface area contributed by atoms with Crippen molar-refractivity contribution in [1.82, 2.24) is 4.57 Å². The Morgan fingerprint density at radius 3 is 1.97 bits per heavy atom. The molecule has 13 rings (SSSR count). The summed E-state index contributed by atoms with van der Waals surface area (Å²) in [5.41, 5.74) is 20.5. The van der Waals surface area contributed by atoms with Gasteiger partial charge in [-0.15, -0.1) is 0 Å². The highest BCUT2D eigenvalue weighted by Gasteiger charge is 2.38. The van der Waals surface area contributed by atoms with Gasteiger partial charge in [-0.2, -0.15) is 0 Å². The lowest BCUT2D eigenvalue weighted by atomic mass is 9.58. The van der Waals surface area contributed by atoms with Crippen molar-refractivity contribution in [2.75, 3.05) is 5.32 Å². The molecule has 285 valence electrons. The van der Waals surface area contributed by atoms with E-state index in [1.807, 2.05) is 12.1 Å². The molecule has 11 aromatic rings.